The Labute approximate surface area is 129 Å². The van der Waals surface area contributed by atoms with E-state index < -0.39 is 10.0 Å². The van der Waals surface area contributed by atoms with Crippen LogP contribution in [0.5, 0.6) is 0 Å². The van der Waals surface area contributed by atoms with E-state index in [9.17, 15) is 17.2 Å². The van der Waals surface area contributed by atoms with E-state index in [2.05, 4.69) is 4.90 Å². The van der Waals surface area contributed by atoms with E-state index in [-0.39, 0.29) is 23.4 Å². The Kier molecular flexibility index (Phi) is 4.22. The zero-order chi connectivity index (χ0) is 15.9. The van der Waals surface area contributed by atoms with Crippen molar-refractivity contribution in [3.8, 4) is 0 Å². The summed E-state index contributed by atoms with van der Waals surface area (Å²) in [4.78, 5) is 2.08. The fourth-order valence-electron chi connectivity index (χ4n) is 3.49. The first-order valence-corrected chi connectivity index (χ1v) is 9.23. The van der Waals surface area contributed by atoms with Crippen LogP contribution in [0.15, 0.2) is 12.1 Å². The van der Waals surface area contributed by atoms with Gasteiger partial charge in [-0.15, -0.1) is 0 Å². The Morgan fingerprint density at radius 3 is 2.41 bits per heavy atom. The second-order valence-corrected chi connectivity index (χ2v) is 8.07. The molecule has 22 heavy (non-hydrogen) atoms. The minimum atomic E-state index is -3.17. The molecule has 122 valence electrons. The molecule has 0 unspecified atom stereocenters. The van der Waals surface area contributed by atoms with E-state index in [0.29, 0.717) is 50.1 Å². The van der Waals surface area contributed by atoms with Gasteiger partial charge in [0.1, 0.15) is 11.6 Å². The van der Waals surface area contributed by atoms with Crippen molar-refractivity contribution in [1.29, 1.82) is 0 Å². The molecular formula is C15H20F2N2O2S. The van der Waals surface area contributed by atoms with Crippen molar-refractivity contribution in [3.63, 3.8) is 0 Å². The van der Waals surface area contributed by atoms with Crippen LogP contribution in [0.1, 0.15) is 30.5 Å². The van der Waals surface area contributed by atoms with Gasteiger partial charge in [-0.2, -0.15) is 4.31 Å². The van der Waals surface area contributed by atoms with Gasteiger partial charge in [-0.25, -0.2) is 17.2 Å². The number of nitrogens with zero attached hydrogens (tertiary/aromatic N) is 2. The molecule has 1 atom stereocenters. The number of piperazine rings is 1. The van der Waals surface area contributed by atoms with Gasteiger partial charge < -0.3 is 0 Å². The molecule has 1 aromatic rings. The summed E-state index contributed by atoms with van der Waals surface area (Å²) in [6.45, 7) is 3.57. The van der Waals surface area contributed by atoms with Crippen LogP contribution in [0.2, 0.25) is 0 Å². The highest BCUT2D eigenvalue weighted by atomic mass is 32.2. The molecule has 0 saturated carbocycles. The highest BCUT2D eigenvalue weighted by molar-refractivity contribution is 7.89. The van der Waals surface area contributed by atoms with E-state index in [1.165, 1.54) is 16.4 Å². The van der Waals surface area contributed by atoms with E-state index in [4.69, 9.17) is 0 Å². The van der Waals surface area contributed by atoms with Crippen LogP contribution in [0.3, 0.4) is 0 Å². The zero-order valence-corrected chi connectivity index (χ0v) is 13.4. The average molecular weight is 330 g/mol. The fourth-order valence-corrected chi connectivity index (χ4v) is 4.58. The number of sulfonamides is 1. The van der Waals surface area contributed by atoms with Crippen LogP contribution in [-0.4, -0.2) is 49.6 Å². The lowest BCUT2D eigenvalue weighted by Gasteiger charge is -2.37. The van der Waals surface area contributed by atoms with E-state index >= 15 is 0 Å². The van der Waals surface area contributed by atoms with Crippen LogP contribution in [-0.2, 0) is 16.4 Å². The standard InChI is InChI=1S/C15H20F2N2O2S/c1-2-22(20,21)19-9-7-18(8-10-19)14-6-3-11-12(16)4-5-13(17)15(11)14/h4-5,14H,2-3,6-10H2,1H3/t14-/m1/s1. The molecule has 1 aromatic carbocycles. The van der Waals surface area contributed by atoms with Gasteiger partial charge in [0.15, 0.2) is 0 Å². The predicted octanol–water partition coefficient (Wildman–Crippen LogP) is 1.92. The minimum Gasteiger partial charge on any atom is -0.294 e. The maximum atomic E-state index is 14.1. The van der Waals surface area contributed by atoms with Crippen molar-refractivity contribution in [3.05, 3.63) is 34.9 Å². The molecule has 7 heteroatoms. The summed E-state index contributed by atoms with van der Waals surface area (Å²) in [5.41, 5.74) is 0.945. The molecule has 0 spiro atoms. The lowest BCUT2D eigenvalue weighted by atomic mass is 10.0. The molecule has 4 nitrogen and oxygen atoms in total. The van der Waals surface area contributed by atoms with E-state index in [1.807, 2.05) is 0 Å². The van der Waals surface area contributed by atoms with Gasteiger partial charge in [0.2, 0.25) is 10.0 Å². The first-order chi connectivity index (χ1) is 10.4. The van der Waals surface area contributed by atoms with Crippen molar-refractivity contribution >= 4 is 10.0 Å². The van der Waals surface area contributed by atoms with Gasteiger partial charge >= 0.3 is 0 Å². The van der Waals surface area contributed by atoms with Crippen LogP contribution in [0.25, 0.3) is 0 Å². The molecule has 0 N–H and O–H groups in total. The molecule has 0 bridgehead atoms. The molecule has 1 aliphatic carbocycles. The molecule has 1 saturated heterocycles. The summed E-state index contributed by atoms with van der Waals surface area (Å²) in [5.74, 6) is -0.604. The van der Waals surface area contributed by atoms with Crippen molar-refractivity contribution in [2.24, 2.45) is 0 Å². The van der Waals surface area contributed by atoms with Gasteiger partial charge in [-0.3, -0.25) is 4.90 Å². The van der Waals surface area contributed by atoms with Crippen LogP contribution >= 0.6 is 0 Å². The number of hydrogen-bond acceptors (Lipinski definition) is 3. The molecule has 3 rings (SSSR count). The summed E-state index contributed by atoms with van der Waals surface area (Å²) in [6.07, 6.45) is 1.23. The number of fused-ring (bicyclic) bond motifs is 1. The highest BCUT2D eigenvalue weighted by Gasteiger charge is 2.35. The average Bonchev–Trinajstić information content (AvgIpc) is 2.97. The molecule has 1 aliphatic heterocycles. The summed E-state index contributed by atoms with van der Waals surface area (Å²) in [6, 6.07) is 2.23. The van der Waals surface area contributed by atoms with Crippen LogP contribution < -0.4 is 0 Å². The van der Waals surface area contributed by atoms with Crippen LogP contribution in [0, 0.1) is 11.6 Å². The first-order valence-electron chi connectivity index (χ1n) is 7.62. The Morgan fingerprint density at radius 1 is 1.14 bits per heavy atom. The molecule has 1 heterocycles. The lowest BCUT2D eigenvalue weighted by molar-refractivity contribution is 0.135. The Bertz CT molecular complexity index is 670. The largest absolute Gasteiger partial charge is 0.294 e. The summed E-state index contributed by atoms with van der Waals surface area (Å²) in [5, 5.41) is 0. The van der Waals surface area contributed by atoms with Gasteiger partial charge in [0.25, 0.3) is 0 Å². The third kappa shape index (κ3) is 2.66. The molecule has 0 amide bonds. The maximum absolute atomic E-state index is 14.1. The second-order valence-electron chi connectivity index (χ2n) is 5.81. The third-order valence-electron chi connectivity index (χ3n) is 4.72. The molecular weight excluding hydrogens is 310 g/mol. The van der Waals surface area contributed by atoms with Crippen molar-refractivity contribution in [1.82, 2.24) is 9.21 Å². The van der Waals surface area contributed by atoms with Gasteiger partial charge in [0.05, 0.1) is 5.75 Å². The maximum Gasteiger partial charge on any atom is 0.213 e. The number of hydrogen-bond donors (Lipinski definition) is 0. The predicted molar refractivity (Wildman–Crippen MR) is 80.0 cm³/mol. The fraction of sp³-hybridized carbons (Fsp3) is 0.600. The van der Waals surface area contributed by atoms with Crippen molar-refractivity contribution in [2.45, 2.75) is 25.8 Å². The summed E-state index contributed by atoms with van der Waals surface area (Å²) >= 11 is 0. The van der Waals surface area contributed by atoms with E-state index in [1.54, 1.807) is 6.92 Å². The minimum absolute atomic E-state index is 0.0963. The monoisotopic (exact) mass is 330 g/mol. The Morgan fingerprint density at radius 2 is 1.77 bits per heavy atom. The number of benzene rings is 1. The Hall–Kier alpha value is -1.05. The SMILES string of the molecule is CCS(=O)(=O)N1CCN([C@@H]2CCc3c(F)ccc(F)c32)CC1. The van der Waals surface area contributed by atoms with Gasteiger partial charge in [-0.05, 0) is 37.5 Å². The second kappa shape index (κ2) is 5.86. The van der Waals surface area contributed by atoms with Crippen molar-refractivity contribution < 1.29 is 17.2 Å². The quantitative estimate of drug-likeness (QED) is 0.850. The molecule has 0 radical (unpaired) electrons. The summed E-state index contributed by atoms with van der Waals surface area (Å²) < 4.78 is 53.1. The zero-order valence-electron chi connectivity index (χ0n) is 12.6. The number of rotatable bonds is 3. The highest BCUT2D eigenvalue weighted by Crippen LogP contribution is 2.39. The van der Waals surface area contributed by atoms with Crippen molar-refractivity contribution in [2.75, 3.05) is 31.9 Å². The van der Waals surface area contributed by atoms with Gasteiger partial charge in [-0.1, -0.05) is 0 Å². The van der Waals surface area contributed by atoms with Crippen LogP contribution in [0.4, 0.5) is 8.78 Å². The smallest absolute Gasteiger partial charge is 0.213 e. The van der Waals surface area contributed by atoms with Gasteiger partial charge in [0, 0.05) is 37.8 Å². The Balaban J connectivity index is 1.76. The third-order valence-corrected chi connectivity index (χ3v) is 6.60. The first kappa shape index (κ1) is 15.8. The lowest BCUT2D eigenvalue weighted by Crippen LogP contribution is -2.49. The number of halogens is 2. The molecule has 2 aliphatic rings. The topological polar surface area (TPSA) is 40.6 Å². The summed E-state index contributed by atoms with van der Waals surface area (Å²) in [7, 11) is -3.17. The van der Waals surface area contributed by atoms with E-state index in [0.717, 1.165) is 0 Å². The normalized spacial score (nSPS) is 23.7. The molecule has 0 aromatic heterocycles. The molecule has 1 fully saturated rings.